The largest absolute Gasteiger partial charge is 0.310 e. The van der Waals surface area contributed by atoms with E-state index in [1.165, 1.54) is 18.4 Å². The number of hydrogen-bond acceptors (Lipinski definition) is 2. The smallest absolute Gasteiger partial charge is 0.124 e. The van der Waals surface area contributed by atoms with Crippen LogP contribution < -0.4 is 5.32 Å². The van der Waals surface area contributed by atoms with Crippen molar-refractivity contribution in [1.29, 1.82) is 0 Å². The van der Waals surface area contributed by atoms with Gasteiger partial charge in [-0.05, 0) is 37.0 Å². The van der Waals surface area contributed by atoms with Crippen LogP contribution in [0.15, 0.2) is 23.1 Å². The number of rotatable bonds is 2. The molecule has 0 radical (unpaired) electrons. The average Bonchev–Trinajstić information content (AvgIpc) is 3.02. The Morgan fingerprint density at radius 1 is 1.27 bits per heavy atom. The standard InChI is InChI=1S/C12H14FNS/c13-9-2-1-8-5-11(14-10-3-4-10)7-15-12(8)6-9/h1-2,6,10-11,14H,3-5,7H2. The summed E-state index contributed by atoms with van der Waals surface area (Å²) in [4.78, 5) is 1.13. The number of benzene rings is 1. The molecular formula is C12H14FNS. The Bertz CT molecular complexity index is 376. The predicted octanol–water partition coefficient (Wildman–Crippen LogP) is 2.59. The SMILES string of the molecule is Fc1ccc2c(c1)SCC(NC1CC1)C2. The monoisotopic (exact) mass is 223 g/mol. The van der Waals surface area contributed by atoms with Crippen LogP contribution in [-0.4, -0.2) is 17.8 Å². The van der Waals surface area contributed by atoms with Crippen LogP contribution in [-0.2, 0) is 6.42 Å². The molecule has 1 saturated carbocycles. The number of nitrogens with one attached hydrogen (secondary N) is 1. The molecule has 0 aromatic heterocycles. The summed E-state index contributed by atoms with van der Waals surface area (Å²) in [5, 5.41) is 3.63. The minimum absolute atomic E-state index is 0.116. The summed E-state index contributed by atoms with van der Waals surface area (Å²) in [6, 6.07) is 6.50. The third-order valence-corrected chi connectivity index (χ3v) is 4.24. The quantitative estimate of drug-likeness (QED) is 0.827. The normalized spacial score (nSPS) is 25.0. The highest BCUT2D eigenvalue weighted by Gasteiger charge is 2.27. The lowest BCUT2D eigenvalue weighted by Gasteiger charge is -2.25. The molecule has 0 spiro atoms. The number of fused-ring (bicyclic) bond motifs is 1. The van der Waals surface area contributed by atoms with Gasteiger partial charge >= 0.3 is 0 Å². The summed E-state index contributed by atoms with van der Waals surface area (Å²) in [7, 11) is 0. The fourth-order valence-electron chi connectivity index (χ4n) is 2.04. The zero-order chi connectivity index (χ0) is 10.3. The maximum atomic E-state index is 13.0. The molecule has 1 aromatic carbocycles. The molecule has 0 saturated heterocycles. The molecule has 1 nitrogen and oxygen atoms in total. The molecule has 0 amide bonds. The third kappa shape index (κ3) is 2.18. The molecule has 1 aliphatic carbocycles. The second kappa shape index (κ2) is 3.80. The summed E-state index contributed by atoms with van der Waals surface area (Å²) < 4.78 is 13.0. The van der Waals surface area contributed by atoms with Gasteiger partial charge < -0.3 is 5.32 Å². The highest BCUT2D eigenvalue weighted by molar-refractivity contribution is 7.99. The van der Waals surface area contributed by atoms with E-state index in [0.717, 1.165) is 23.1 Å². The van der Waals surface area contributed by atoms with Crippen LogP contribution in [0.25, 0.3) is 0 Å². The molecule has 1 atom stereocenters. The van der Waals surface area contributed by atoms with Crippen molar-refractivity contribution in [2.24, 2.45) is 0 Å². The van der Waals surface area contributed by atoms with E-state index in [1.54, 1.807) is 23.9 Å². The molecule has 1 heterocycles. The maximum Gasteiger partial charge on any atom is 0.124 e. The van der Waals surface area contributed by atoms with E-state index >= 15 is 0 Å². The molecule has 1 fully saturated rings. The van der Waals surface area contributed by atoms with E-state index in [0.29, 0.717) is 6.04 Å². The van der Waals surface area contributed by atoms with Gasteiger partial charge in [0.15, 0.2) is 0 Å². The Labute approximate surface area is 93.4 Å². The molecule has 3 heteroatoms. The Balaban J connectivity index is 1.74. The number of hydrogen-bond donors (Lipinski definition) is 1. The van der Waals surface area contributed by atoms with Crippen molar-refractivity contribution in [2.75, 3.05) is 5.75 Å². The van der Waals surface area contributed by atoms with Crippen LogP contribution in [0, 0.1) is 5.82 Å². The van der Waals surface area contributed by atoms with Gasteiger partial charge in [-0.25, -0.2) is 4.39 Å². The third-order valence-electron chi connectivity index (χ3n) is 2.98. The summed E-state index contributed by atoms with van der Waals surface area (Å²) >= 11 is 1.78. The van der Waals surface area contributed by atoms with Gasteiger partial charge in [0.2, 0.25) is 0 Å². The van der Waals surface area contributed by atoms with Gasteiger partial charge in [0, 0.05) is 22.7 Å². The summed E-state index contributed by atoms with van der Waals surface area (Å²) in [6.07, 6.45) is 3.72. The first kappa shape index (κ1) is 9.67. The molecule has 1 aliphatic heterocycles. The summed E-state index contributed by atoms with van der Waals surface area (Å²) in [6.45, 7) is 0. The molecule has 80 valence electrons. The van der Waals surface area contributed by atoms with Gasteiger partial charge in [0.1, 0.15) is 5.82 Å². The van der Waals surface area contributed by atoms with Gasteiger partial charge in [-0.15, -0.1) is 11.8 Å². The minimum Gasteiger partial charge on any atom is -0.310 e. The molecule has 1 unspecified atom stereocenters. The van der Waals surface area contributed by atoms with Crippen LogP contribution in [0.4, 0.5) is 4.39 Å². The highest BCUT2D eigenvalue weighted by Crippen LogP contribution is 2.32. The van der Waals surface area contributed by atoms with Crippen molar-refractivity contribution in [2.45, 2.75) is 36.2 Å². The number of thioether (sulfide) groups is 1. The van der Waals surface area contributed by atoms with E-state index in [9.17, 15) is 4.39 Å². The van der Waals surface area contributed by atoms with Crippen molar-refractivity contribution < 1.29 is 4.39 Å². The first-order valence-corrected chi connectivity index (χ1v) is 6.47. The van der Waals surface area contributed by atoms with E-state index < -0.39 is 0 Å². The van der Waals surface area contributed by atoms with E-state index in [1.807, 2.05) is 6.07 Å². The van der Waals surface area contributed by atoms with Crippen LogP contribution in [0.5, 0.6) is 0 Å². The molecule has 0 bridgehead atoms. The van der Waals surface area contributed by atoms with E-state index in [-0.39, 0.29) is 5.82 Å². The van der Waals surface area contributed by atoms with Gasteiger partial charge in [-0.1, -0.05) is 6.07 Å². The van der Waals surface area contributed by atoms with Gasteiger partial charge in [0.05, 0.1) is 0 Å². The highest BCUT2D eigenvalue weighted by atomic mass is 32.2. The van der Waals surface area contributed by atoms with E-state index in [4.69, 9.17) is 0 Å². The lowest BCUT2D eigenvalue weighted by Crippen LogP contribution is -2.36. The lowest BCUT2D eigenvalue weighted by molar-refractivity contribution is 0.538. The average molecular weight is 223 g/mol. The second-order valence-electron chi connectivity index (χ2n) is 4.41. The maximum absolute atomic E-state index is 13.0. The lowest BCUT2D eigenvalue weighted by atomic mass is 10.1. The molecule has 3 rings (SSSR count). The van der Waals surface area contributed by atoms with Crippen molar-refractivity contribution in [3.63, 3.8) is 0 Å². The molecule has 15 heavy (non-hydrogen) atoms. The summed E-state index contributed by atoms with van der Waals surface area (Å²) in [5.41, 5.74) is 1.30. The van der Waals surface area contributed by atoms with Gasteiger partial charge in [-0.2, -0.15) is 0 Å². The Hall–Kier alpha value is -0.540. The molecule has 1 aromatic rings. The van der Waals surface area contributed by atoms with Crippen LogP contribution >= 0.6 is 11.8 Å². The summed E-state index contributed by atoms with van der Waals surface area (Å²) in [5.74, 6) is 0.960. The fraction of sp³-hybridized carbons (Fsp3) is 0.500. The zero-order valence-electron chi connectivity index (χ0n) is 8.50. The molecular weight excluding hydrogens is 209 g/mol. The zero-order valence-corrected chi connectivity index (χ0v) is 9.32. The van der Waals surface area contributed by atoms with Crippen LogP contribution in [0.1, 0.15) is 18.4 Å². The van der Waals surface area contributed by atoms with Crippen molar-refractivity contribution in [1.82, 2.24) is 5.32 Å². The van der Waals surface area contributed by atoms with Gasteiger partial charge in [-0.3, -0.25) is 0 Å². The van der Waals surface area contributed by atoms with E-state index in [2.05, 4.69) is 5.32 Å². The minimum atomic E-state index is -0.116. The first-order valence-electron chi connectivity index (χ1n) is 5.48. The second-order valence-corrected chi connectivity index (χ2v) is 5.47. The van der Waals surface area contributed by atoms with Crippen molar-refractivity contribution >= 4 is 11.8 Å². The van der Waals surface area contributed by atoms with Crippen molar-refractivity contribution in [3.05, 3.63) is 29.6 Å². The molecule has 1 N–H and O–H groups in total. The topological polar surface area (TPSA) is 12.0 Å². The van der Waals surface area contributed by atoms with Crippen LogP contribution in [0.3, 0.4) is 0 Å². The Kier molecular flexibility index (Phi) is 2.45. The predicted molar refractivity (Wildman–Crippen MR) is 60.8 cm³/mol. The van der Waals surface area contributed by atoms with Crippen LogP contribution in [0.2, 0.25) is 0 Å². The Morgan fingerprint density at radius 3 is 2.93 bits per heavy atom. The van der Waals surface area contributed by atoms with Gasteiger partial charge in [0.25, 0.3) is 0 Å². The number of halogens is 1. The Morgan fingerprint density at radius 2 is 2.13 bits per heavy atom. The van der Waals surface area contributed by atoms with Crippen molar-refractivity contribution in [3.8, 4) is 0 Å². The first-order chi connectivity index (χ1) is 7.31. The molecule has 2 aliphatic rings. The fourth-order valence-corrected chi connectivity index (χ4v) is 3.16.